The molecule has 0 saturated carbocycles. The summed E-state index contributed by atoms with van der Waals surface area (Å²) < 4.78 is 9.62. The Morgan fingerprint density at radius 2 is 1.91 bits per heavy atom. The van der Waals surface area contributed by atoms with E-state index in [4.69, 9.17) is 4.74 Å². The molecule has 2 aromatic heterocycles. The van der Waals surface area contributed by atoms with E-state index in [1.807, 2.05) is 17.7 Å². The molecule has 0 aliphatic carbocycles. The molecule has 0 spiro atoms. The Labute approximate surface area is 131 Å². The van der Waals surface area contributed by atoms with Gasteiger partial charge in [-0.05, 0) is 30.2 Å². The molecule has 0 fully saturated rings. The van der Waals surface area contributed by atoms with Gasteiger partial charge in [0.2, 0.25) is 0 Å². The van der Waals surface area contributed by atoms with Crippen molar-refractivity contribution < 1.29 is 9.30 Å². The van der Waals surface area contributed by atoms with Gasteiger partial charge in [0.15, 0.2) is 12.4 Å². The maximum absolute atomic E-state index is 5.34. The third kappa shape index (κ3) is 2.75. The fourth-order valence-corrected chi connectivity index (χ4v) is 2.63. The topological polar surface area (TPSA) is 18.0 Å². The second-order valence-electron chi connectivity index (χ2n) is 5.38. The SMILES string of the molecule is CCn1cc(C=Cc2cc[n+](C)cc2)c2ccc(OC)cc21. The minimum atomic E-state index is 0.895. The van der Waals surface area contributed by atoms with Crippen molar-refractivity contribution in [3.8, 4) is 5.75 Å². The molecular weight excluding hydrogens is 272 g/mol. The lowest BCUT2D eigenvalue weighted by Gasteiger charge is -2.03. The highest BCUT2D eigenvalue weighted by Crippen LogP contribution is 2.27. The Balaban J connectivity index is 2.01. The number of aryl methyl sites for hydroxylation is 2. The first-order valence-electron chi connectivity index (χ1n) is 7.51. The average Bonchev–Trinajstić information content (AvgIpc) is 2.91. The summed E-state index contributed by atoms with van der Waals surface area (Å²) in [6.07, 6.45) is 10.6. The van der Waals surface area contributed by atoms with E-state index in [-0.39, 0.29) is 0 Å². The van der Waals surface area contributed by atoms with Crippen LogP contribution >= 0.6 is 0 Å². The number of ether oxygens (including phenoxy) is 1. The Kier molecular flexibility index (Phi) is 3.96. The van der Waals surface area contributed by atoms with Crippen LogP contribution in [0.5, 0.6) is 5.75 Å². The summed E-state index contributed by atoms with van der Waals surface area (Å²) in [5.74, 6) is 0.895. The second-order valence-corrected chi connectivity index (χ2v) is 5.38. The molecule has 112 valence electrons. The zero-order chi connectivity index (χ0) is 15.5. The van der Waals surface area contributed by atoms with Crippen LogP contribution in [0.3, 0.4) is 0 Å². The maximum Gasteiger partial charge on any atom is 0.169 e. The van der Waals surface area contributed by atoms with Gasteiger partial charge in [0.1, 0.15) is 12.8 Å². The van der Waals surface area contributed by atoms with Gasteiger partial charge >= 0.3 is 0 Å². The monoisotopic (exact) mass is 293 g/mol. The number of nitrogens with zero attached hydrogens (tertiary/aromatic N) is 2. The van der Waals surface area contributed by atoms with Crippen LogP contribution in [0.4, 0.5) is 0 Å². The fraction of sp³-hybridized carbons (Fsp3) is 0.211. The van der Waals surface area contributed by atoms with Crippen molar-refractivity contribution in [3.05, 3.63) is 60.0 Å². The van der Waals surface area contributed by atoms with Gasteiger partial charge in [-0.3, -0.25) is 0 Å². The van der Waals surface area contributed by atoms with Gasteiger partial charge in [0, 0.05) is 36.3 Å². The minimum Gasteiger partial charge on any atom is -0.497 e. The molecule has 0 bridgehead atoms. The fourth-order valence-electron chi connectivity index (χ4n) is 2.63. The highest BCUT2D eigenvalue weighted by Gasteiger charge is 2.07. The van der Waals surface area contributed by atoms with Crippen molar-refractivity contribution in [3.63, 3.8) is 0 Å². The van der Waals surface area contributed by atoms with E-state index < -0.39 is 0 Å². The number of hydrogen-bond donors (Lipinski definition) is 0. The highest BCUT2D eigenvalue weighted by molar-refractivity contribution is 5.92. The lowest BCUT2D eigenvalue weighted by molar-refractivity contribution is -0.671. The quantitative estimate of drug-likeness (QED) is 0.671. The highest BCUT2D eigenvalue weighted by atomic mass is 16.5. The molecule has 0 radical (unpaired) electrons. The molecule has 3 nitrogen and oxygen atoms in total. The third-order valence-electron chi connectivity index (χ3n) is 3.92. The Hall–Kier alpha value is -2.55. The van der Waals surface area contributed by atoms with Crippen LogP contribution in [0.1, 0.15) is 18.1 Å². The Morgan fingerprint density at radius 3 is 2.59 bits per heavy atom. The van der Waals surface area contributed by atoms with Gasteiger partial charge < -0.3 is 9.30 Å². The Bertz CT molecular complexity index is 813. The first kappa shape index (κ1) is 14.4. The first-order chi connectivity index (χ1) is 10.7. The zero-order valence-electron chi connectivity index (χ0n) is 13.3. The molecule has 0 unspecified atom stereocenters. The number of benzene rings is 1. The molecule has 3 heteroatoms. The minimum absolute atomic E-state index is 0.895. The zero-order valence-corrected chi connectivity index (χ0v) is 13.3. The van der Waals surface area contributed by atoms with E-state index in [0.717, 1.165) is 12.3 Å². The van der Waals surface area contributed by atoms with Crippen LogP contribution in [0.2, 0.25) is 0 Å². The van der Waals surface area contributed by atoms with Crippen molar-refractivity contribution in [2.75, 3.05) is 7.11 Å². The molecule has 0 saturated heterocycles. The van der Waals surface area contributed by atoms with Crippen LogP contribution in [0, 0.1) is 0 Å². The van der Waals surface area contributed by atoms with Crippen molar-refractivity contribution in [1.29, 1.82) is 0 Å². The molecule has 0 aliphatic rings. The van der Waals surface area contributed by atoms with E-state index in [0.29, 0.717) is 0 Å². The summed E-state index contributed by atoms with van der Waals surface area (Å²) in [7, 11) is 3.73. The van der Waals surface area contributed by atoms with Crippen LogP contribution in [-0.2, 0) is 13.6 Å². The standard InChI is InChI=1S/C19H21N2O/c1-4-21-14-16(6-5-15-9-11-20(2)12-10-15)18-8-7-17(22-3)13-19(18)21/h5-14H,4H2,1-3H3/q+1. The lowest BCUT2D eigenvalue weighted by Crippen LogP contribution is -2.25. The molecule has 0 N–H and O–H groups in total. The normalized spacial score (nSPS) is 11.4. The number of aromatic nitrogens is 2. The van der Waals surface area contributed by atoms with E-state index in [2.05, 4.69) is 66.5 Å². The van der Waals surface area contributed by atoms with Gasteiger partial charge in [0.25, 0.3) is 0 Å². The van der Waals surface area contributed by atoms with Gasteiger partial charge in [0.05, 0.1) is 12.6 Å². The predicted molar refractivity (Wildman–Crippen MR) is 90.7 cm³/mol. The summed E-state index contributed by atoms with van der Waals surface area (Å²) in [5, 5.41) is 1.25. The van der Waals surface area contributed by atoms with Crippen LogP contribution in [0.15, 0.2) is 48.9 Å². The molecule has 1 aromatic carbocycles. The summed E-state index contributed by atoms with van der Waals surface area (Å²) >= 11 is 0. The summed E-state index contributed by atoms with van der Waals surface area (Å²) in [6, 6.07) is 10.5. The van der Waals surface area contributed by atoms with E-state index in [1.54, 1.807) is 7.11 Å². The van der Waals surface area contributed by atoms with Crippen LogP contribution in [-0.4, -0.2) is 11.7 Å². The summed E-state index contributed by atoms with van der Waals surface area (Å²) in [4.78, 5) is 0. The maximum atomic E-state index is 5.34. The van der Waals surface area contributed by atoms with Crippen molar-refractivity contribution in [1.82, 2.24) is 4.57 Å². The first-order valence-corrected chi connectivity index (χ1v) is 7.51. The molecule has 3 rings (SSSR count). The van der Waals surface area contributed by atoms with Crippen LogP contribution < -0.4 is 9.30 Å². The van der Waals surface area contributed by atoms with Gasteiger partial charge in [-0.15, -0.1) is 0 Å². The van der Waals surface area contributed by atoms with Gasteiger partial charge in [-0.1, -0.05) is 12.2 Å². The molecule has 3 aromatic rings. The number of rotatable bonds is 4. The molecule has 22 heavy (non-hydrogen) atoms. The molecule has 2 heterocycles. The lowest BCUT2D eigenvalue weighted by atomic mass is 10.1. The number of fused-ring (bicyclic) bond motifs is 1. The van der Waals surface area contributed by atoms with Crippen molar-refractivity contribution in [2.24, 2.45) is 7.05 Å². The third-order valence-corrected chi connectivity index (χ3v) is 3.92. The van der Waals surface area contributed by atoms with Gasteiger partial charge in [-0.2, -0.15) is 0 Å². The summed E-state index contributed by atoms with van der Waals surface area (Å²) in [5.41, 5.74) is 3.64. The predicted octanol–water partition coefficient (Wildman–Crippen LogP) is 3.66. The average molecular weight is 293 g/mol. The molecular formula is C19H21N2O+. The smallest absolute Gasteiger partial charge is 0.169 e. The summed E-state index contributed by atoms with van der Waals surface area (Å²) in [6.45, 7) is 3.10. The van der Waals surface area contributed by atoms with E-state index >= 15 is 0 Å². The van der Waals surface area contributed by atoms with E-state index in [1.165, 1.54) is 22.0 Å². The van der Waals surface area contributed by atoms with Crippen molar-refractivity contribution >= 4 is 23.1 Å². The van der Waals surface area contributed by atoms with E-state index in [9.17, 15) is 0 Å². The number of hydrogen-bond acceptors (Lipinski definition) is 1. The molecule has 0 atom stereocenters. The van der Waals surface area contributed by atoms with Crippen LogP contribution in [0.25, 0.3) is 23.1 Å². The van der Waals surface area contributed by atoms with Gasteiger partial charge in [-0.25, -0.2) is 4.57 Å². The largest absolute Gasteiger partial charge is 0.497 e. The van der Waals surface area contributed by atoms with Crippen molar-refractivity contribution in [2.45, 2.75) is 13.5 Å². The second kappa shape index (κ2) is 6.06. The molecule has 0 amide bonds. The number of pyridine rings is 1. The Morgan fingerprint density at radius 1 is 1.14 bits per heavy atom. The molecule has 0 aliphatic heterocycles. The number of methoxy groups -OCH3 is 1.